The summed E-state index contributed by atoms with van der Waals surface area (Å²) in [4.78, 5) is 7.30. The zero-order valence-corrected chi connectivity index (χ0v) is 52.5. The Balaban J connectivity index is 0.000000151. The summed E-state index contributed by atoms with van der Waals surface area (Å²) in [5, 5.41) is 13.2. The Labute approximate surface area is 526 Å². The molecule has 0 spiro atoms. The number of hydrogen-bond acceptors (Lipinski definition) is 5. The van der Waals surface area contributed by atoms with E-state index in [1.54, 1.807) is 6.07 Å². The summed E-state index contributed by atoms with van der Waals surface area (Å²) in [6, 6.07) is 68.4. The van der Waals surface area contributed by atoms with E-state index in [0.717, 1.165) is 49.8 Å². The molecule has 438 valence electrons. The second-order valence-corrected chi connectivity index (χ2v) is 24.9. The molecule has 87 heavy (non-hydrogen) atoms. The molecule has 2 saturated heterocycles. The maximum absolute atomic E-state index is 12.4. The average molecular weight is 1290 g/mol. The van der Waals surface area contributed by atoms with E-state index >= 15 is 0 Å². The molecule has 0 N–H and O–H groups in total. The van der Waals surface area contributed by atoms with Crippen LogP contribution >= 0.6 is 31.9 Å². The fraction of sp³-hybridized carbons (Fsp3) is 0.208. The van der Waals surface area contributed by atoms with Gasteiger partial charge in [-0.2, -0.15) is 5.26 Å². The molecule has 0 amide bonds. The molecule has 14 rings (SSSR count). The minimum Gasteiger partial charge on any atom is -0.403 e. The molecule has 1 aliphatic carbocycles. The van der Waals surface area contributed by atoms with Crippen LogP contribution in [0.25, 0.3) is 75.8 Å². The van der Waals surface area contributed by atoms with Crippen molar-refractivity contribution in [3.05, 3.63) is 254 Å². The number of benzene rings is 9. The molecule has 3 aliphatic rings. The smallest absolute Gasteiger partial charge is 0.403 e. The third-order valence-electron chi connectivity index (χ3n) is 16.3. The normalized spacial score (nSPS) is 15.0. The van der Waals surface area contributed by atoms with E-state index in [2.05, 4.69) is 206 Å². The predicted octanol–water partition coefficient (Wildman–Crippen LogP) is 19.9. The SMILES string of the molecule is C.CB1OC(C)(C)C(C)(C)O1.F.N#Cc1cc(F)cc(Br)c1.[C-]#[N+]c1cc(B2OC(C)(C)C(C)(C)O2)cc(-n2c3ccccc3c3ccccc32)c1.[C-]#[N+]c1cc(Br)cc(-n2c3ccccc3c3ccccc32)c1.c1ccc2c(c1)Cc1ccccc1-2. The number of nitrogens with zero attached hydrogens (tertiary/aromatic N) is 5. The van der Waals surface area contributed by atoms with Crippen LogP contribution in [0.1, 0.15) is 79.5 Å². The van der Waals surface area contributed by atoms with Gasteiger partial charge in [0.25, 0.3) is 0 Å². The Kier molecular flexibility index (Phi) is 19.7. The number of aromatic nitrogens is 2. The van der Waals surface area contributed by atoms with Crippen molar-refractivity contribution >= 4 is 107 Å². The van der Waals surface area contributed by atoms with Crippen molar-refractivity contribution in [3.8, 4) is 28.6 Å². The van der Waals surface area contributed by atoms with Crippen molar-refractivity contribution in [2.45, 2.75) is 98.5 Å². The van der Waals surface area contributed by atoms with Crippen LogP contribution in [0.3, 0.4) is 0 Å². The maximum atomic E-state index is 12.4. The highest BCUT2D eigenvalue weighted by atomic mass is 79.9. The topological polar surface area (TPSA) is 79.3 Å². The van der Waals surface area contributed by atoms with E-state index < -0.39 is 24.1 Å². The van der Waals surface area contributed by atoms with Crippen LogP contribution in [0, 0.1) is 30.3 Å². The molecule has 2 fully saturated rings. The first-order valence-corrected chi connectivity index (χ1v) is 29.6. The molecule has 4 heterocycles. The second kappa shape index (κ2) is 26.4. The highest BCUT2D eigenvalue weighted by molar-refractivity contribution is 9.10. The van der Waals surface area contributed by atoms with Crippen LogP contribution in [-0.4, -0.2) is 45.8 Å². The van der Waals surface area contributed by atoms with E-state index in [9.17, 15) is 4.39 Å². The Morgan fingerprint density at radius 2 is 0.862 bits per heavy atom. The molecule has 0 bridgehead atoms. The van der Waals surface area contributed by atoms with Crippen molar-refractivity contribution in [3.63, 3.8) is 0 Å². The number of rotatable bonds is 3. The quantitative estimate of drug-likeness (QED) is 0.130. The van der Waals surface area contributed by atoms with Crippen molar-refractivity contribution < 1.29 is 27.7 Å². The van der Waals surface area contributed by atoms with E-state index in [0.29, 0.717) is 21.4 Å². The first-order valence-electron chi connectivity index (χ1n) is 28.0. The summed E-state index contributed by atoms with van der Waals surface area (Å²) in [7, 11) is -0.575. The van der Waals surface area contributed by atoms with Crippen LogP contribution in [0.4, 0.5) is 20.5 Å². The van der Waals surface area contributed by atoms with Crippen LogP contribution in [0.15, 0.2) is 209 Å². The van der Waals surface area contributed by atoms with Gasteiger partial charge in [0.2, 0.25) is 0 Å². The molecular weight excluding hydrogens is 1220 g/mol. The van der Waals surface area contributed by atoms with Gasteiger partial charge < -0.3 is 27.8 Å². The van der Waals surface area contributed by atoms with Gasteiger partial charge in [0.05, 0.1) is 69.2 Å². The molecule has 0 unspecified atom stereocenters. The minimum absolute atomic E-state index is 0. The first-order chi connectivity index (χ1) is 40.6. The molecule has 11 aromatic rings. The monoisotopic (exact) mass is 1280 g/mol. The molecule has 0 radical (unpaired) electrons. The zero-order valence-electron chi connectivity index (χ0n) is 49.3. The van der Waals surface area contributed by atoms with Gasteiger partial charge in [0.1, 0.15) is 5.82 Å². The molecule has 9 nitrogen and oxygen atoms in total. The van der Waals surface area contributed by atoms with Crippen LogP contribution < -0.4 is 5.46 Å². The molecule has 2 aliphatic heterocycles. The van der Waals surface area contributed by atoms with Crippen LogP contribution in [-0.2, 0) is 25.0 Å². The van der Waals surface area contributed by atoms with Gasteiger partial charge in [-0.05, 0) is 169 Å². The van der Waals surface area contributed by atoms with E-state index in [4.69, 9.17) is 37.0 Å². The fourth-order valence-electron chi connectivity index (χ4n) is 10.9. The molecular formula is C72H67B2Br2F2N5O4. The minimum atomic E-state index is -0.511. The van der Waals surface area contributed by atoms with E-state index in [1.165, 1.54) is 55.9 Å². The van der Waals surface area contributed by atoms with Gasteiger partial charge in [-0.3, -0.25) is 4.70 Å². The van der Waals surface area contributed by atoms with Crippen molar-refractivity contribution in [1.29, 1.82) is 5.26 Å². The summed E-state index contributed by atoms with van der Waals surface area (Å²) in [5.41, 5.74) is 13.4. The highest BCUT2D eigenvalue weighted by Gasteiger charge is 2.52. The van der Waals surface area contributed by atoms with E-state index in [1.807, 2.05) is 95.2 Å². The Morgan fingerprint density at radius 3 is 1.25 bits per heavy atom. The van der Waals surface area contributed by atoms with Gasteiger partial charge in [-0.15, -0.1) is 0 Å². The molecule has 9 aromatic carbocycles. The lowest BCUT2D eigenvalue weighted by atomic mass is 9.78. The molecule has 15 heteroatoms. The van der Waals surface area contributed by atoms with Crippen molar-refractivity contribution in [1.82, 2.24) is 9.13 Å². The standard InChI is InChI=1S/C25H23BN2O2.C19H11BrN2.C13H10.C7H15BO2.C7H3BrFN.CH4.FH/c1-24(2)25(3,4)30-26(29-24)17-14-18(27-5)16-19(15-17)28-22-12-8-6-10-20(22)21-11-7-9-13-23(21)28;1-21-14-10-13(20)11-15(12-14)22-18-8-4-2-6-16(18)17-7-3-5-9-19(17)22;1-3-7-12-10(5-1)9-11-6-2-4-8-13(11)12;1-6(2)7(3,4)10-8(5)9-6;8-6-1-5(4-10)2-7(9)3-6;;/h6-16H,1-4H3;2-12H;1-8H,9H2;1-5H3;1-3H;1H4;1H. The van der Waals surface area contributed by atoms with Gasteiger partial charge in [-0.1, -0.05) is 167 Å². The predicted molar refractivity (Wildman–Crippen MR) is 362 cm³/mol. The van der Waals surface area contributed by atoms with Crippen molar-refractivity contribution in [2.24, 2.45) is 0 Å². The van der Waals surface area contributed by atoms with Gasteiger partial charge >= 0.3 is 14.2 Å². The Hall–Kier alpha value is -8.16. The number of para-hydroxylation sites is 4. The van der Waals surface area contributed by atoms with Gasteiger partial charge in [-0.25, -0.2) is 14.1 Å². The zero-order chi connectivity index (χ0) is 60.4. The summed E-state index contributed by atoms with van der Waals surface area (Å²) >= 11 is 6.57. The van der Waals surface area contributed by atoms with Crippen LogP contribution in [0.2, 0.25) is 6.82 Å². The second-order valence-electron chi connectivity index (χ2n) is 23.1. The van der Waals surface area contributed by atoms with E-state index in [-0.39, 0.29) is 30.5 Å². The number of fused-ring (bicyclic) bond motifs is 9. The third-order valence-corrected chi connectivity index (χ3v) is 17.2. The number of nitriles is 1. The summed E-state index contributed by atoms with van der Waals surface area (Å²) in [6.45, 7) is 33.2. The highest BCUT2D eigenvalue weighted by Crippen LogP contribution is 2.40. The van der Waals surface area contributed by atoms with Crippen LogP contribution in [0.5, 0.6) is 0 Å². The third kappa shape index (κ3) is 13.5. The Morgan fingerprint density at radius 1 is 0.494 bits per heavy atom. The summed E-state index contributed by atoms with van der Waals surface area (Å²) < 4.78 is 42.0. The molecule has 0 saturated carbocycles. The summed E-state index contributed by atoms with van der Waals surface area (Å²) in [5.74, 6) is -0.397. The lowest BCUT2D eigenvalue weighted by Crippen LogP contribution is -2.41. The first kappa shape index (κ1) is 64.8. The number of halogens is 4. The lowest BCUT2D eigenvalue weighted by Gasteiger charge is -2.32. The number of hydrogen-bond donors (Lipinski definition) is 0. The largest absolute Gasteiger partial charge is 0.493 e. The van der Waals surface area contributed by atoms with Gasteiger partial charge in [0, 0.05) is 41.9 Å². The van der Waals surface area contributed by atoms with Crippen molar-refractivity contribution in [2.75, 3.05) is 0 Å². The average Bonchev–Trinajstić information content (AvgIpc) is 4.16. The fourth-order valence-corrected chi connectivity index (χ4v) is 11.9. The molecule has 0 atom stereocenters. The maximum Gasteiger partial charge on any atom is 0.493 e. The Bertz CT molecular complexity index is 4260. The summed E-state index contributed by atoms with van der Waals surface area (Å²) in [6.07, 6.45) is 1.10. The molecule has 2 aromatic heterocycles. The lowest BCUT2D eigenvalue weighted by molar-refractivity contribution is 0.00578. The van der Waals surface area contributed by atoms with Gasteiger partial charge in [0.15, 0.2) is 11.4 Å².